The molecule has 11 nitrogen and oxygen atoms in total. The zero-order chi connectivity index (χ0) is 32.9. The molecule has 43 heavy (non-hydrogen) atoms. The van der Waals surface area contributed by atoms with E-state index in [1.54, 1.807) is 43.3 Å². The zero-order valence-electron chi connectivity index (χ0n) is 27.0. The Morgan fingerprint density at radius 2 is 2.00 bits per heavy atom. The quantitative estimate of drug-likeness (QED) is 0.221. The predicted molar refractivity (Wildman–Crippen MR) is 167 cm³/mol. The van der Waals surface area contributed by atoms with Crippen LogP contribution in [0.15, 0.2) is 66.2 Å². The van der Waals surface area contributed by atoms with E-state index in [0.29, 0.717) is 45.0 Å². The first-order valence-electron chi connectivity index (χ1n) is 14.9. The smallest absolute Gasteiger partial charge is 0.261 e. The number of aromatic nitrogens is 8. The molecule has 4 aromatic heterocycles. The fourth-order valence-corrected chi connectivity index (χ4v) is 5.64. The molecule has 0 aliphatic heterocycles. The Labute approximate surface area is 256 Å². The summed E-state index contributed by atoms with van der Waals surface area (Å²) in [5.41, 5.74) is 5.25. The van der Waals surface area contributed by atoms with Gasteiger partial charge in [0.05, 0.1) is 36.7 Å². The second kappa shape index (κ2) is 11.0. The first-order valence-corrected chi connectivity index (χ1v) is 13.8. The Morgan fingerprint density at radius 3 is 2.70 bits per heavy atom. The van der Waals surface area contributed by atoms with Crippen LogP contribution in [0.2, 0.25) is 5.15 Å². The molecule has 0 saturated carbocycles. The fraction of sp³-hybridized carbons (Fsp3) is 0.226. The molecule has 2 aromatic carbocycles. The summed E-state index contributed by atoms with van der Waals surface area (Å²) in [7, 11) is 3.33. The van der Waals surface area contributed by atoms with Crippen LogP contribution in [0.5, 0.6) is 5.75 Å². The van der Waals surface area contributed by atoms with E-state index in [0.717, 1.165) is 16.7 Å². The van der Waals surface area contributed by atoms with Crippen LogP contribution in [0.3, 0.4) is 0 Å². The lowest BCUT2D eigenvalue weighted by Crippen LogP contribution is -2.29. The highest BCUT2D eigenvalue weighted by Gasteiger charge is 2.27. The number of aryl methyl sites for hydroxylation is 3. The zero-order valence-corrected chi connectivity index (χ0v) is 24.7. The number of halogens is 1. The molecule has 1 atom stereocenters. The Hall–Kier alpha value is -5.03. The SMILES string of the molecule is [2H]C([2H])([2H])n1nnc(-c2nc(Cl)ccc2N(Cc2ccc(OC)cc2)C(C)c2cc(C)cc3c(=O)n(C)c4c(C=C)ncn4c23)n1. The number of benzene rings is 2. The van der Waals surface area contributed by atoms with Gasteiger partial charge in [-0.15, -0.1) is 10.2 Å². The van der Waals surface area contributed by atoms with Crippen molar-refractivity contribution in [2.75, 3.05) is 12.0 Å². The molecule has 6 rings (SSSR count). The highest BCUT2D eigenvalue weighted by atomic mass is 35.5. The van der Waals surface area contributed by atoms with E-state index in [1.807, 2.05) is 54.6 Å². The average molecular weight is 599 g/mol. The minimum atomic E-state index is -2.63. The molecule has 0 N–H and O–H groups in total. The lowest BCUT2D eigenvalue weighted by atomic mass is 9.98. The maximum atomic E-state index is 13.8. The van der Waals surface area contributed by atoms with Gasteiger partial charge in [-0.2, -0.15) is 4.80 Å². The minimum Gasteiger partial charge on any atom is -0.497 e. The lowest BCUT2D eigenvalue weighted by Gasteiger charge is -2.33. The number of hydrogen-bond donors (Lipinski definition) is 0. The van der Waals surface area contributed by atoms with Gasteiger partial charge in [-0.25, -0.2) is 9.97 Å². The van der Waals surface area contributed by atoms with Gasteiger partial charge in [0, 0.05) is 17.7 Å². The van der Waals surface area contributed by atoms with Gasteiger partial charge in [-0.3, -0.25) is 13.8 Å². The first kappa shape index (κ1) is 24.6. The van der Waals surface area contributed by atoms with Crippen molar-refractivity contribution < 1.29 is 8.85 Å². The molecule has 0 bridgehead atoms. The van der Waals surface area contributed by atoms with Gasteiger partial charge in [0.2, 0.25) is 5.82 Å². The lowest BCUT2D eigenvalue weighted by molar-refractivity contribution is 0.414. The number of hydrogen-bond acceptors (Lipinski definition) is 8. The molecule has 0 saturated heterocycles. The molecule has 12 heteroatoms. The summed E-state index contributed by atoms with van der Waals surface area (Å²) in [4.78, 5) is 25.5. The third-order valence-corrected chi connectivity index (χ3v) is 7.76. The summed E-state index contributed by atoms with van der Waals surface area (Å²) in [6.45, 7) is 5.60. The van der Waals surface area contributed by atoms with Crippen molar-refractivity contribution in [3.63, 3.8) is 0 Å². The standard InChI is InChI=1S/C31H30ClN9O2/c1-7-24-30-38(4)31(42)23-15-18(2)14-22(28(23)41(30)17-33-24)19(3)40(16-20-8-10-21(43-6)11-9-20)25-12-13-26(32)34-27(25)29-35-37-39(5)36-29/h7-15,17,19H,1,16H2,2-6H3/i5D3. The Balaban J connectivity index is 1.61. The Bertz CT molecular complexity index is 2170. The maximum absolute atomic E-state index is 13.8. The maximum Gasteiger partial charge on any atom is 0.261 e. The molecular weight excluding hydrogens is 566 g/mol. The van der Waals surface area contributed by atoms with Gasteiger partial charge in [-0.1, -0.05) is 36.4 Å². The first-order chi connectivity index (χ1) is 21.9. The monoisotopic (exact) mass is 598 g/mol. The van der Waals surface area contributed by atoms with Gasteiger partial charge >= 0.3 is 0 Å². The van der Waals surface area contributed by atoms with Gasteiger partial charge in [0.25, 0.3) is 5.56 Å². The molecular formula is C31H30ClN9O2. The van der Waals surface area contributed by atoms with Crippen LogP contribution in [-0.4, -0.2) is 46.3 Å². The third-order valence-electron chi connectivity index (χ3n) is 7.54. The van der Waals surface area contributed by atoms with E-state index in [9.17, 15) is 4.79 Å². The van der Waals surface area contributed by atoms with E-state index in [2.05, 4.69) is 36.9 Å². The summed E-state index contributed by atoms with van der Waals surface area (Å²) < 4.78 is 32.0. The van der Waals surface area contributed by atoms with Crippen molar-refractivity contribution in [3.05, 3.63) is 99.3 Å². The second-order valence-electron chi connectivity index (χ2n) is 10.2. The van der Waals surface area contributed by atoms with E-state index in [4.69, 9.17) is 20.5 Å². The van der Waals surface area contributed by atoms with Crippen molar-refractivity contribution in [1.29, 1.82) is 0 Å². The largest absolute Gasteiger partial charge is 0.497 e. The number of imidazole rings is 1. The predicted octanol–water partition coefficient (Wildman–Crippen LogP) is 5.15. The molecule has 218 valence electrons. The van der Waals surface area contributed by atoms with Crippen LogP contribution >= 0.6 is 11.6 Å². The molecule has 0 aliphatic carbocycles. The molecule has 0 aliphatic rings. The summed E-state index contributed by atoms with van der Waals surface area (Å²) in [6, 6.07) is 14.6. The second-order valence-corrected chi connectivity index (χ2v) is 10.6. The van der Waals surface area contributed by atoms with Crippen LogP contribution in [0, 0.1) is 6.92 Å². The number of fused-ring (bicyclic) bond motifs is 3. The summed E-state index contributed by atoms with van der Waals surface area (Å²) in [5, 5.41) is 12.6. The van der Waals surface area contributed by atoms with Gasteiger partial charge in [0.15, 0.2) is 0 Å². The average Bonchev–Trinajstić information content (AvgIpc) is 3.71. The van der Waals surface area contributed by atoms with Gasteiger partial charge in [0.1, 0.15) is 34.3 Å². The van der Waals surface area contributed by atoms with Gasteiger partial charge < -0.3 is 9.64 Å². The number of tetrazole rings is 1. The molecule has 0 radical (unpaired) electrons. The number of anilines is 1. The van der Waals surface area contributed by atoms with E-state index in [-0.39, 0.29) is 22.2 Å². The third kappa shape index (κ3) is 4.91. The molecule has 6 aromatic rings. The van der Waals surface area contributed by atoms with Crippen LogP contribution in [0.1, 0.15) is 39.5 Å². The van der Waals surface area contributed by atoms with Gasteiger partial charge in [-0.05, 0) is 72.2 Å². The van der Waals surface area contributed by atoms with Crippen molar-refractivity contribution in [3.8, 4) is 17.3 Å². The summed E-state index contributed by atoms with van der Waals surface area (Å²) >= 11 is 6.38. The van der Waals surface area contributed by atoms with Crippen LogP contribution < -0.4 is 15.2 Å². The van der Waals surface area contributed by atoms with Crippen molar-refractivity contribution >= 4 is 39.9 Å². The van der Waals surface area contributed by atoms with Crippen molar-refractivity contribution in [1.82, 2.24) is 39.1 Å². The minimum absolute atomic E-state index is 0.00356. The van der Waals surface area contributed by atoms with E-state index in [1.165, 1.54) is 0 Å². The fourth-order valence-electron chi connectivity index (χ4n) is 5.49. The number of rotatable bonds is 8. The highest BCUT2D eigenvalue weighted by molar-refractivity contribution is 6.29. The topological polar surface area (TPSA) is 108 Å². The van der Waals surface area contributed by atoms with Crippen LogP contribution in [-0.2, 0) is 20.6 Å². The molecule has 1 unspecified atom stereocenters. The molecule has 4 heterocycles. The summed E-state index contributed by atoms with van der Waals surface area (Å²) in [5.74, 6) is 0.708. The normalized spacial score (nSPS) is 13.5. The Kier molecular flexibility index (Phi) is 6.28. The molecule has 0 fully saturated rings. The van der Waals surface area contributed by atoms with Crippen LogP contribution in [0.25, 0.3) is 34.1 Å². The molecule has 0 spiro atoms. The summed E-state index contributed by atoms with van der Waals surface area (Å²) in [6.07, 6.45) is 3.32. The van der Waals surface area contributed by atoms with Crippen molar-refractivity contribution in [2.24, 2.45) is 14.0 Å². The number of pyridine rings is 1. The van der Waals surface area contributed by atoms with E-state index < -0.39 is 13.0 Å². The van der Waals surface area contributed by atoms with Crippen molar-refractivity contribution in [2.45, 2.75) is 26.4 Å². The number of nitrogens with zero attached hydrogens (tertiary/aromatic N) is 9. The molecule has 0 amide bonds. The van der Waals surface area contributed by atoms with E-state index >= 15 is 0 Å². The number of ether oxygens (including phenoxy) is 1. The number of methoxy groups -OCH3 is 1. The van der Waals surface area contributed by atoms with Crippen LogP contribution in [0.4, 0.5) is 5.69 Å². The Morgan fingerprint density at radius 1 is 1.21 bits per heavy atom. The highest BCUT2D eigenvalue weighted by Crippen LogP contribution is 2.38.